The van der Waals surface area contributed by atoms with Crippen LogP contribution < -0.4 is 5.32 Å². The second kappa shape index (κ2) is 6.53. The van der Waals surface area contributed by atoms with Crippen LogP contribution in [-0.2, 0) is 0 Å². The topological polar surface area (TPSA) is 18.5 Å². The quantitative estimate of drug-likeness (QED) is 0.671. The van der Waals surface area contributed by atoms with Crippen molar-refractivity contribution >= 4 is 0 Å². The Labute approximate surface area is 106 Å². The van der Waals surface area contributed by atoms with Gasteiger partial charge >= 0.3 is 0 Å². The number of piperazine rings is 1. The molecule has 1 N–H and O–H groups in total. The monoisotopic (exact) mass is 237 g/mol. The fraction of sp³-hybridized carbons (Fsp3) is 0.857. The molecule has 2 aliphatic rings. The van der Waals surface area contributed by atoms with Gasteiger partial charge in [0.1, 0.15) is 0 Å². The molecule has 2 fully saturated rings. The number of likely N-dealkylation sites (N-methyl/N-ethyl adjacent to an activating group) is 1. The summed E-state index contributed by atoms with van der Waals surface area (Å²) in [6, 6.07) is 0. The predicted octanol–water partition coefficient (Wildman–Crippen LogP) is 1.18. The minimum absolute atomic E-state index is 0.971. The summed E-state index contributed by atoms with van der Waals surface area (Å²) in [6.07, 6.45) is 2.94. The molecule has 0 amide bonds. The van der Waals surface area contributed by atoms with Crippen LogP contribution in [-0.4, -0.2) is 62.2 Å². The first kappa shape index (κ1) is 13.1. The Balaban J connectivity index is 1.59. The van der Waals surface area contributed by atoms with Crippen molar-refractivity contribution in [2.45, 2.75) is 19.8 Å². The number of nitrogens with zero attached hydrogens (tertiary/aromatic N) is 2. The van der Waals surface area contributed by atoms with Crippen LogP contribution in [0.1, 0.15) is 19.8 Å². The molecule has 0 aromatic rings. The summed E-state index contributed by atoms with van der Waals surface area (Å²) in [5.41, 5.74) is 1.32. The maximum absolute atomic E-state index is 4.15. The fourth-order valence-electron chi connectivity index (χ4n) is 2.47. The molecule has 3 heteroatoms. The average molecular weight is 237 g/mol. The van der Waals surface area contributed by atoms with Gasteiger partial charge in [0.2, 0.25) is 0 Å². The lowest BCUT2D eigenvalue weighted by Crippen LogP contribution is -2.47. The highest BCUT2D eigenvalue weighted by molar-refractivity contribution is 5.00. The van der Waals surface area contributed by atoms with Crippen molar-refractivity contribution in [2.75, 3.05) is 52.4 Å². The molecule has 1 saturated heterocycles. The van der Waals surface area contributed by atoms with Gasteiger partial charge in [0, 0.05) is 45.8 Å². The summed E-state index contributed by atoms with van der Waals surface area (Å²) < 4.78 is 0. The standard InChI is InChI=1S/C14H27N3/c1-3-15-10-13(2)11-16-6-8-17(9-7-16)12-14-4-5-14/h14-15H,2-12H2,1H3. The lowest BCUT2D eigenvalue weighted by Gasteiger charge is -2.35. The van der Waals surface area contributed by atoms with Gasteiger partial charge in [-0.15, -0.1) is 0 Å². The van der Waals surface area contributed by atoms with E-state index in [1.54, 1.807) is 0 Å². The van der Waals surface area contributed by atoms with Crippen molar-refractivity contribution < 1.29 is 0 Å². The highest BCUT2D eigenvalue weighted by Gasteiger charge is 2.26. The second-order valence-electron chi connectivity index (χ2n) is 5.55. The van der Waals surface area contributed by atoms with Gasteiger partial charge < -0.3 is 10.2 Å². The van der Waals surface area contributed by atoms with Gasteiger partial charge in [-0.05, 0) is 30.9 Å². The van der Waals surface area contributed by atoms with E-state index in [0.717, 1.165) is 25.6 Å². The largest absolute Gasteiger partial charge is 0.313 e. The summed E-state index contributed by atoms with van der Waals surface area (Å²) >= 11 is 0. The molecule has 1 saturated carbocycles. The number of hydrogen-bond acceptors (Lipinski definition) is 3. The molecule has 0 radical (unpaired) electrons. The van der Waals surface area contributed by atoms with Crippen molar-refractivity contribution in [1.82, 2.24) is 15.1 Å². The van der Waals surface area contributed by atoms with Crippen LogP contribution in [0.4, 0.5) is 0 Å². The summed E-state index contributed by atoms with van der Waals surface area (Å²) in [4.78, 5) is 5.18. The smallest absolute Gasteiger partial charge is 0.0203 e. The highest BCUT2D eigenvalue weighted by atomic mass is 15.3. The SMILES string of the molecule is C=C(CNCC)CN1CCN(CC2CC2)CC1. The first-order chi connectivity index (χ1) is 8.28. The third-order valence-corrected chi connectivity index (χ3v) is 3.75. The van der Waals surface area contributed by atoms with E-state index in [-0.39, 0.29) is 0 Å². The first-order valence-electron chi connectivity index (χ1n) is 7.10. The molecule has 0 bridgehead atoms. The molecule has 1 heterocycles. The van der Waals surface area contributed by atoms with Gasteiger partial charge in [-0.2, -0.15) is 0 Å². The minimum Gasteiger partial charge on any atom is -0.313 e. The van der Waals surface area contributed by atoms with Crippen LogP contribution in [0.3, 0.4) is 0 Å². The van der Waals surface area contributed by atoms with Crippen LogP contribution in [0.15, 0.2) is 12.2 Å². The zero-order chi connectivity index (χ0) is 12.1. The number of nitrogens with one attached hydrogen (secondary N) is 1. The summed E-state index contributed by atoms with van der Waals surface area (Å²) in [6.45, 7) is 15.7. The van der Waals surface area contributed by atoms with Crippen molar-refractivity contribution in [3.05, 3.63) is 12.2 Å². The molecule has 1 aliphatic carbocycles. The van der Waals surface area contributed by atoms with E-state index in [9.17, 15) is 0 Å². The lowest BCUT2D eigenvalue weighted by atomic mass is 10.2. The number of hydrogen-bond donors (Lipinski definition) is 1. The summed E-state index contributed by atoms with van der Waals surface area (Å²) in [5.74, 6) is 1.03. The predicted molar refractivity (Wildman–Crippen MR) is 73.3 cm³/mol. The molecule has 3 nitrogen and oxygen atoms in total. The molecular weight excluding hydrogens is 210 g/mol. The van der Waals surface area contributed by atoms with Gasteiger partial charge in [0.15, 0.2) is 0 Å². The molecule has 0 atom stereocenters. The van der Waals surface area contributed by atoms with Gasteiger partial charge in [-0.3, -0.25) is 4.90 Å². The Bertz CT molecular complexity index is 240. The van der Waals surface area contributed by atoms with E-state index in [1.165, 1.54) is 51.1 Å². The van der Waals surface area contributed by atoms with Gasteiger partial charge in [0.25, 0.3) is 0 Å². The maximum atomic E-state index is 4.15. The van der Waals surface area contributed by atoms with E-state index in [0.29, 0.717) is 0 Å². The van der Waals surface area contributed by atoms with Crippen LogP contribution >= 0.6 is 0 Å². The fourth-order valence-corrected chi connectivity index (χ4v) is 2.47. The molecule has 0 unspecified atom stereocenters. The molecule has 2 rings (SSSR count). The minimum atomic E-state index is 0.971. The highest BCUT2D eigenvalue weighted by Crippen LogP contribution is 2.29. The van der Waals surface area contributed by atoms with E-state index in [1.807, 2.05) is 0 Å². The van der Waals surface area contributed by atoms with Crippen LogP contribution in [0.2, 0.25) is 0 Å². The molecule has 1 aliphatic heterocycles. The van der Waals surface area contributed by atoms with Crippen molar-refractivity contribution in [2.24, 2.45) is 5.92 Å². The van der Waals surface area contributed by atoms with Crippen molar-refractivity contribution in [3.63, 3.8) is 0 Å². The molecule has 98 valence electrons. The van der Waals surface area contributed by atoms with Crippen molar-refractivity contribution in [1.29, 1.82) is 0 Å². The Morgan fingerprint density at radius 1 is 1.18 bits per heavy atom. The summed E-state index contributed by atoms with van der Waals surface area (Å²) in [7, 11) is 0. The Morgan fingerprint density at radius 3 is 2.41 bits per heavy atom. The lowest BCUT2D eigenvalue weighted by molar-refractivity contribution is 0.136. The van der Waals surface area contributed by atoms with Crippen LogP contribution in [0.25, 0.3) is 0 Å². The van der Waals surface area contributed by atoms with Crippen molar-refractivity contribution in [3.8, 4) is 0 Å². The Kier molecular flexibility index (Phi) is 5.01. The maximum Gasteiger partial charge on any atom is 0.0203 e. The summed E-state index contributed by atoms with van der Waals surface area (Å²) in [5, 5.41) is 3.34. The average Bonchev–Trinajstić information content (AvgIpc) is 3.13. The van der Waals surface area contributed by atoms with E-state index in [4.69, 9.17) is 0 Å². The Morgan fingerprint density at radius 2 is 1.82 bits per heavy atom. The van der Waals surface area contributed by atoms with E-state index < -0.39 is 0 Å². The number of rotatable bonds is 7. The molecule has 17 heavy (non-hydrogen) atoms. The van der Waals surface area contributed by atoms with Gasteiger partial charge in [0.05, 0.1) is 0 Å². The third kappa shape index (κ3) is 4.78. The molecule has 0 aromatic heterocycles. The Hall–Kier alpha value is -0.380. The van der Waals surface area contributed by atoms with Gasteiger partial charge in [-0.25, -0.2) is 0 Å². The first-order valence-corrected chi connectivity index (χ1v) is 7.10. The molecular formula is C14H27N3. The third-order valence-electron chi connectivity index (χ3n) is 3.75. The zero-order valence-corrected chi connectivity index (χ0v) is 11.2. The van der Waals surface area contributed by atoms with E-state index >= 15 is 0 Å². The van der Waals surface area contributed by atoms with Crippen LogP contribution in [0.5, 0.6) is 0 Å². The van der Waals surface area contributed by atoms with Crippen LogP contribution in [0, 0.1) is 5.92 Å². The second-order valence-corrected chi connectivity index (χ2v) is 5.55. The normalized spacial score (nSPS) is 22.9. The molecule has 0 aromatic carbocycles. The molecule has 0 spiro atoms. The zero-order valence-electron chi connectivity index (χ0n) is 11.2. The van der Waals surface area contributed by atoms with E-state index in [2.05, 4.69) is 28.6 Å². The van der Waals surface area contributed by atoms with Gasteiger partial charge in [-0.1, -0.05) is 13.5 Å².